The summed E-state index contributed by atoms with van der Waals surface area (Å²) >= 11 is 0. The molecular formula is C32H33N7O5. The molecule has 12 nitrogen and oxygen atoms in total. The highest BCUT2D eigenvalue weighted by molar-refractivity contribution is 6.23. The smallest absolute Gasteiger partial charge is 0.261 e. The predicted octanol–water partition coefficient (Wildman–Crippen LogP) is 2.95. The van der Waals surface area contributed by atoms with Gasteiger partial charge in [0.2, 0.25) is 0 Å². The quantitative estimate of drug-likeness (QED) is 0.224. The van der Waals surface area contributed by atoms with Crippen molar-refractivity contribution >= 4 is 28.5 Å². The molecule has 0 bridgehead atoms. The number of pyridine rings is 1. The second-order valence-electron chi connectivity index (χ2n) is 11.5. The van der Waals surface area contributed by atoms with Gasteiger partial charge < -0.3 is 30.0 Å². The summed E-state index contributed by atoms with van der Waals surface area (Å²) in [7, 11) is 2.03. The number of imide groups is 1. The van der Waals surface area contributed by atoms with Gasteiger partial charge in [0.1, 0.15) is 29.8 Å². The van der Waals surface area contributed by atoms with Gasteiger partial charge in [0.05, 0.1) is 39.5 Å². The average molecular weight is 596 g/mol. The first-order chi connectivity index (χ1) is 21.1. The Kier molecular flexibility index (Phi) is 7.67. The minimum Gasteiger partial charge on any atom is -0.490 e. The molecule has 4 aromatic rings. The van der Waals surface area contributed by atoms with E-state index in [4.69, 9.17) is 10.00 Å². The van der Waals surface area contributed by atoms with Crippen molar-refractivity contribution in [2.75, 3.05) is 38.6 Å². The van der Waals surface area contributed by atoms with Gasteiger partial charge in [-0.2, -0.15) is 5.26 Å². The number of aryl methyl sites for hydroxylation is 2. The van der Waals surface area contributed by atoms with E-state index < -0.39 is 11.7 Å². The third-order valence-electron chi connectivity index (χ3n) is 8.31. The Hall–Kier alpha value is -4.99. The molecule has 2 amide bonds. The number of benzene rings is 2. The van der Waals surface area contributed by atoms with Crippen molar-refractivity contribution in [3.8, 4) is 23.2 Å². The van der Waals surface area contributed by atoms with E-state index in [0.29, 0.717) is 39.2 Å². The number of amides is 2. The van der Waals surface area contributed by atoms with Gasteiger partial charge in [0.15, 0.2) is 0 Å². The highest BCUT2D eigenvalue weighted by atomic mass is 16.5. The zero-order chi connectivity index (χ0) is 31.1. The molecule has 1 saturated heterocycles. The minimum atomic E-state index is -0.917. The van der Waals surface area contributed by atoms with Gasteiger partial charge in [0, 0.05) is 18.8 Å². The molecule has 4 N–H and O–H groups in total. The van der Waals surface area contributed by atoms with Crippen LogP contribution in [0.5, 0.6) is 5.75 Å². The zero-order valence-electron chi connectivity index (χ0n) is 24.7. The van der Waals surface area contributed by atoms with E-state index in [2.05, 4.69) is 31.2 Å². The number of piperidine rings is 1. The molecule has 0 saturated carbocycles. The number of nitrogens with one attached hydrogen (secondary N) is 3. The first-order valence-corrected chi connectivity index (χ1v) is 14.5. The van der Waals surface area contributed by atoms with Gasteiger partial charge >= 0.3 is 0 Å². The topological polar surface area (TPSA) is 167 Å². The van der Waals surface area contributed by atoms with Gasteiger partial charge in [-0.3, -0.25) is 19.3 Å². The second-order valence-corrected chi connectivity index (χ2v) is 11.5. The standard InChI is InChI=1S/C32H33N7O5/c1-17-10-19(14-33)11-18(2)28(17)44-16-21(40)15-35-24-4-7-34-30(41)27(24)29-36-25-12-22-23(13-26(25)37-29)32(43)39(31(22)42)20-5-8-38(3)9-6-20/h4,7,10-13,20-21,40H,5-6,8-9,15-16H2,1-3H3,(H,36,37)(H2,34,35,41). The van der Waals surface area contributed by atoms with E-state index in [1.54, 1.807) is 30.3 Å². The van der Waals surface area contributed by atoms with Crippen molar-refractivity contribution in [1.29, 1.82) is 5.26 Å². The number of fused-ring (bicyclic) bond motifs is 2. The predicted molar refractivity (Wildman–Crippen MR) is 164 cm³/mol. The van der Waals surface area contributed by atoms with E-state index in [1.807, 2.05) is 20.9 Å². The summed E-state index contributed by atoms with van der Waals surface area (Å²) in [6, 6.07) is 10.4. The van der Waals surface area contributed by atoms with Crippen LogP contribution in [0.15, 0.2) is 41.3 Å². The summed E-state index contributed by atoms with van der Waals surface area (Å²) < 4.78 is 5.86. The van der Waals surface area contributed by atoms with Crippen molar-refractivity contribution in [3.05, 3.63) is 74.7 Å². The highest BCUT2D eigenvalue weighted by Gasteiger charge is 2.41. The van der Waals surface area contributed by atoms with Gasteiger partial charge in [0.25, 0.3) is 17.4 Å². The lowest BCUT2D eigenvalue weighted by atomic mass is 10.0. The van der Waals surface area contributed by atoms with E-state index in [9.17, 15) is 19.5 Å². The maximum Gasteiger partial charge on any atom is 0.261 e. The fraction of sp³-hybridized carbons (Fsp3) is 0.344. The maximum atomic E-state index is 13.3. The van der Waals surface area contributed by atoms with E-state index in [0.717, 1.165) is 37.1 Å². The molecule has 12 heteroatoms. The van der Waals surface area contributed by atoms with Crippen LogP contribution in [0.3, 0.4) is 0 Å². The van der Waals surface area contributed by atoms with Crippen LogP contribution in [0, 0.1) is 25.2 Å². The maximum absolute atomic E-state index is 13.3. The summed E-state index contributed by atoms with van der Waals surface area (Å²) in [6.07, 6.45) is 2.06. The normalized spacial score (nSPS) is 16.3. The van der Waals surface area contributed by atoms with Gasteiger partial charge in [-0.15, -0.1) is 0 Å². The lowest BCUT2D eigenvalue weighted by Crippen LogP contribution is -2.46. The SMILES string of the molecule is Cc1cc(C#N)cc(C)c1OCC(O)CNc1cc[nH]c(=O)c1-c1nc2cc3c(cc2[nH]1)C(=O)N(C1CCN(C)CC1)C3=O. The molecule has 226 valence electrons. The average Bonchev–Trinajstić information content (AvgIpc) is 3.52. The summed E-state index contributed by atoms with van der Waals surface area (Å²) in [5, 5.41) is 22.9. The molecular weight excluding hydrogens is 562 g/mol. The Morgan fingerprint density at radius 3 is 2.48 bits per heavy atom. The summed E-state index contributed by atoms with van der Waals surface area (Å²) in [5.74, 6) is 0.254. The Morgan fingerprint density at radius 1 is 1.11 bits per heavy atom. The van der Waals surface area contributed by atoms with Crippen molar-refractivity contribution in [2.45, 2.75) is 38.8 Å². The van der Waals surface area contributed by atoms with Crippen LogP contribution in [0.4, 0.5) is 5.69 Å². The number of likely N-dealkylation sites (tertiary alicyclic amines) is 1. The van der Waals surface area contributed by atoms with E-state index in [-0.39, 0.29) is 42.4 Å². The molecule has 2 aromatic heterocycles. The van der Waals surface area contributed by atoms with Crippen molar-refractivity contribution in [1.82, 2.24) is 24.8 Å². The van der Waals surface area contributed by atoms with Crippen LogP contribution in [0.25, 0.3) is 22.4 Å². The number of ether oxygens (including phenoxy) is 1. The fourth-order valence-electron chi connectivity index (χ4n) is 6.04. The third kappa shape index (κ3) is 5.32. The molecule has 44 heavy (non-hydrogen) atoms. The number of anilines is 1. The van der Waals surface area contributed by atoms with Crippen LogP contribution in [0.2, 0.25) is 0 Å². The van der Waals surface area contributed by atoms with Gasteiger partial charge in [-0.1, -0.05) is 0 Å². The van der Waals surface area contributed by atoms with Crippen molar-refractivity contribution in [2.24, 2.45) is 0 Å². The highest BCUT2D eigenvalue weighted by Crippen LogP contribution is 2.33. The number of carbonyl (C=O) groups is 2. The zero-order valence-corrected chi connectivity index (χ0v) is 24.7. The first kappa shape index (κ1) is 29.1. The monoisotopic (exact) mass is 595 g/mol. The molecule has 2 aromatic carbocycles. The first-order valence-electron chi connectivity index (χ1n) is 14.5. The Morgan fingerprint density at radius 2 is 1.80 bits per heavy atom. The number of imidazole rings is 1. The van der Waals surface area contributed by atoms with Gasteiger partial charge in [-0.05, 0) is 88.3 Å². The number of hydrogen-bond acceptors (Lipinski definition) is 9. The molecule has 2 aliphatic heterocycles. The molecule has 0 spiro atoms. The van der Waals surface area contributed by atoms with Crippen LogP contribution >= 0.6 is 0 Å². The fourth-order valence-corrected chi connectivity index (χ4v) is 6.04. The molecule has 6 rings (SSSR count). The lowest BCUT2D eigenvalue weighted by molar-refractivity contribution is 0.0516. The molecule has 0 aliphatic carbocycles. The van der Waals surface area contributed by atoms with Crippen LogP contribution < -0.4 is 15.6 Å². The number of rotatable bonds is 8. The summed E-state index contributed by atoms with van der Waals surface area (Å²) in [5.41, 5.74) is 4.02. The number of aromatic amines is 2. The second kappa shape index (κ2) is 11.6. The Bertz CT molecular complexity index is 1800. The number of carbonyl (C=O) groups excluding carboxylic acids is 2. The van der Waals surface area contributed by atoms with Crippen LogP contribution in [-0.2, 0) is 0 Å². The third-order valence-corrected chi connectivity index (χ3v) is 8.31. The number of aliphatic hydroxyl groups excluding tert-OH is 1. The number of nitrogens with zero attached hydrogens (tertiary/aromatic N) is 4. The molecule has 0 radical (unpaired) electrons. The molecule has 1 atom stereocenters. The van der Waals surface area contributed by atoms with E-state index >= 15 is 0 Å². The Balaban J connectivity index is 1.19. The largest absolute Gasteiger partial charge is 0.490 e. The summed E-state index contributed by atoms with van der Waals surface area (Å²) in [4.78, 5) is 53.6. The van der Waals surface area contributed by atoms with Crippen molar-refractivity contribution in [3.63, 3.8) is 0 Å². The number of hydrogen-bond donors (Lipinski definition) is 4. The number of H-pyrrole nitrogens is 2. The lowest BCUT2D eigenvalue weighted by Gasteiger charge is -2.33. The van der Waals surface area contributed by atoms with Crippen molar-refractivity contribution < 1.29 is 19.4 Å². The Labute approximate surface area is 253 Å². The number of nitriles is 1. The van der Waals surface area contributed by atoms with E-state index in [1.165, 1.54) is 11.1 Å². The van der Waals surface area contributed by atoms with Gasteiger partial charge in [-0.25, -0.2) is 4.98 Å². The van der Waals surface area contributed by atoms with Crippen LogP contribution in [0.1, 0.15) is 50.2 Å². The molecule has 1 unspecified atom stereocenters. The summed E-state index contributed by atoms with van der Waals surface area (Å²) in [6.45, 7) is 5.41. The number of aliphatic hydroxyl groups is 1. The molecule has 1 fully saturated rings. The molecule has 4 heterocycles. The number of aromatic nitrogens is 3. The minimum absolute atomic E-state index is 0.00801. The van der Waals surface area contributed by atoms with Crippen LogP contribution in [-0.4, -0.2) is 87.1 Å². The molecule has 2 aliphatic rings.